The van der Waals surface area contributed by atoms with Crippen LogP contribution in [0.15, 0.2) is 35.0 Å². The Morgan fingerprint density at radius 1 is 1.35 bits per heavy atom. The van der Waals surface area contributed by atoms with Gasteiger partial charge in [0.15, 0.2) is 0 Å². The van der Waals surface area contributed by atoms with Crippen LogP contribution in [0.5, 0.6) is 5.75 Å². The van der Waals surface area contributed by atoms with E-state index in [1.807, 2.05) is 52.3 Å². The lowest BCUT2D eigenvalue weighted by Gasteiger charge is -2.32. The average Bonchev–Trinajstić information content (AvgIpc) is 2.57. The van der Waals surface area contributed by atoms with Gasteiger partial charge in [0.25, 0.3) is 3.79 Å². The summed E-state index contributed by atoms with van der Waals surface area (Å²) in [5, 5.41) is 9.89. The summed E-state index contributed by atoms with van der Waals surface area (Å²) >= 11 is 2.26. The maximum Gasteiger partial charge on any atom is 0.260 e. The van der Waals surface area contributed by atoms with Crippen molar-refractivity contribution in [3.8, 4) is 5.75 Å². The van der Waals surface area contributed by atoms with Crippen molar-refractivity contribution in [2.24, 2.45) is 4.99 Å². The number of anilines is 1. The number of amidine groups is 1. The van der Waals surface area contributed by atoms with E-state index in [0.717, 1.165) is 35.1 Å². The highest BCUT2D eigenvalue weighted by atomic mass is 127. The lowest BCUT2D eigenvalue weighted by atomic mass is 10.2. The second kappa shape index (κ2) is 9.43. The van der Waals surface area contributed by atoms with Gasteiger partial charge < -0.3 is 30.3 Å². The first kappa shape index (κ1) is 20.8. The first-order valence-corrected chi connectivity index (χ1v) is 9.53. The highest BCUT2D eigenvalue weighted by Gasteiger charge is 2.28. The van der Waals surface area contributed by atoms with Crippen LogP contribution in [0, 0.1) is 0 Å². The van der Waals surface area contributed by atoms with Gasteiger partial charge in [-0.1, -0.05) is 0 Å². The predicted octanol–water partition coefficient (Wildman–Crippen LogP) is 2.36. The van der Waals surface area contributed by atoms with E-state index in [1.54, 1.807) is 7.11 Å². The van der Waals surface area contributed by atoms with Crippen LogP contribution in [0.1, 0.15) is 12.5 Å². The number of hydrogen-bond acceptors (Lipinski definition) is 7. The number of aliphatic imine (C=N–C) groups is 1. The number of halogens is 1. The van der Waals surface area contributed by atoms with Gasteiger partial charge >= 0.3 is 0 Å². The van der Waals surface area contributed by atoms with E-state index in [4.69, 9.17) is 9.47 Å². The van der Waals surface area contributed by atoms with Gasteiger partial charge in [-0.15, -0.1) is 0 Å². The van der Waals surface area contributed by atoms with E-state index in [9.17, 15) is 0 Å². The number of methoxy groups -OCH3 is 1. The molecule has 26 heavy (non-hydrogen) atoms. The third kappa shape index (κ3) is 6.03. The average molecular weight is 473 g/mol. The molecule has 0 spiro atoms. The third-order valence-electron chi connectivity index (χ3n) is 3.78. The van der Waals surface area contributed by atoms with Crippen LogP contribution >= 0.6 is 22.6 Å². The third-order valence-corrected chi connectivity index (χ3v) is 4.56. The molecular formula is C18H28IN5O2. The molecule has 2 rings (SSSR count). The number of alkyl halides is 1. The summed E-state index contributed by atoms with van der Waals surface area (Å²) < 4.78 is 10.6. The monoisotopic (exact) mass is 473 g/mol. The van der Waals surface area contributed by atoms with Gasteiger partial charge in [-0.05, 0) is 67.9 Å². The summed E-state index contributed by atoms with van der Waals surface area (Å²) in [4.78, 5) is 6.76. The van der Waals surface area contributed by atoms with Crippen LogP contribution in [0.2, 0.25) is 0 Å². The molecule has 0 aliphatic carbocycles. The second-order valence-electron chi connectivity index (χ2n) is 6.33. The minimum absolute atomic E-state index is 0.498. The van der Waals surface area contributed by atoms with Gasteiger partial charge in [0.05, 0.1) is 20.3 Å². The molecule has 1 aromatic carbocycles. The van der Waals surface area contributed by atoms with Gasteiger partial charge in [-0.3, -0.25) is 0 Å². The van der Waals surface area contributed by atoms with Crippen molar-refractivity contribution in [2.75, 3.05) is 46.7 Å². The fourth-order valence-corrected chi connectivity index (χ4v) is 3.50. The summed E-state index contributed by atoms with van der Waals surface area (Å²) in [5.74, 6) is 1.64. The van der Waals surface area contributed by atoms with E-state index in [2.05, 4.69) is 48.4 Å². The van der Waals surface area contributed by atoms with Crippen LogP contribution in [0.4, 0.5) is 5.69 Å². The molecule has 1 aromatic rings. The Balaban J connectivity index is 2.11. The van der Waals surface area contributed by atoms with Crippen LogP contribution in [0.25, 0.3) is 0 Å². The zero-order chi connectivity index (χ0) is 19.2. The van der Waals surface area contributed by atoms with Gasteiger partial charge in [0.2, 0.25) is 0 Å². The Bertz CT molecular complexity index is 678. The summed E-state index contributed by atoms with van der Waals surface area (Å²) in [7, 11) is 7.59. The lowest BCUT2D eigenvalue weighted by Crippen LogP contribution is -2.47. The van der Waals surface area contributed by atoms with Crippen molar-refractivity contribution in [1.82, 2.24) is 15.5 Å². The number of nitrogens with zero attached hydrogens (tertiary/aromatic N) is 2. The molecule has 0 fully saturated rings. The molecule has 8 heteroatoms. The van der Waals surface area contributed by atoms with Gasteiger partial charge in [-0.25, -0.2) is 4.99 Å². The van der Waals surface area contributed by atoms with Crippen molar-refractivity contribution < 1.29 is 9.47 Å². The topological polar surface area (TPSA) is 70.2 Å². The number of hydrogen-bond donors (Lipinski definition) is 3. The molecule has 1 unspecified atom stereocenters. The number of likely N-dealkylation sites (N-methyl/N-ethyl adjacent to an activating group) is 2. The minimum atomic E-state index is -0.660. The molecule has 0 aromatic heterocycles. The summed E-state index contributed by atoms with van der Waals surface area (Å²) in [6.07, 6.45) is 1.97. The second-order valence-corrected chi connectivity index (χ2v) is 7.89. The van der Waals surface area contributed by atoms with Crippen molar-refractivity contribution >= 4 is 34.1 Å². The normalized spacial score (nSPS) is 19.5. The number of allylic oxidation sites excluding steroid dienone is 1. The first-order chi connectivity index (χ1) is 12.3. The highest BCUT2D eigenvalue weighted by Crippen LogP contribution is 2.29. The molecule has 0 saturated carbocycles. The summed E-state index contributed by atoms with van der Waals surface area (Å²) in [6.45, 7) is 4.07. The van der Waals surface area contributed by atoms with Crippen molar-refractivity contribution in [2.45, 2.75) is 17.3 Å². The maximum absolute atomic E-state index is 5.78. The van der Waals surface area contributed by atoms with Gasteiger partial charge in [0, 0.05) is 30.5 Å². The first-order valence-electron chi connectivity index (χ1n) is 8.46. The minimum Gasteiger partial charge on any atom is -0.496 e. The molecule has 0 amide bonds. The summed E-state index contributed by atoms with van der Waals surface area (Å²) in [5.41, 5.74) is 2.97. The molecule has 3 N–H and O–H groups in total. The standard InChI is InChI=1S/C18H28IN5O2/c1-13-10-17(20-2)23-18(19,21-13)22-15-6-7-16(25-5)14(11-15)12-26-9-8-24(3)4/h6-7,10-11,21-22H,8-9,12H2,1-5H3,(H,20,23). The van der Waals surface area contributed by atoms with Crippen molar-refractivity contribution in [1.29, 1.82) is 0 Å². The molecule has 1 aliphatic rings. The zero-order valence-corrected chi connectivity index (χ0v) is 18.2. The van der Waals surface area contributed by atoms with Crippen molar-refractivity contribution in [3.05, 3.63) is 35.5 Å². The van der Waals surface area contributed by atoms with Gasteiger partial charge in [0.1, 0.15) is 11.6 Å². The van der Waals surface area contributed by atoms with Crippen molar-refractivity contribution in [3.63, 3.8) is 0 Å². The van der Waals surface area contributed by atoms with E-state index >= 15 is 0 Å². The molecule has 0 bridgehead atoms. The largest absolute Gasteiger partial charge is 0.496 e. The van der Waals surface area contributed by atoms with E-state index in [1.165, 1.54) is 0 Å². The maximum atomic E-state index is 5.78. The van der Waals surface area contributed by atoms with E-state index < -0.39 is 3.79 Å². The number of rotatable bonds is 8. The number of benzene rings is 1. The van der Waals surface area contributed by atoms with E-state index in [0.29, 0.717) is 13.2 Å². The number of ether oxygens (including phenoxy) is 2. The van der Waals surface area contributed by atoms with Crippen LogP contribution in [-0.4, -0.2) is 55.9 Å². The molecule has 144 valence electrons. The Morgan fingerprint density at radius 2 is 2.12 bits per heavy atom. The zero-order valence-electron chi connectivity index (χ0n) is 16.0. The highest BCUT2D eigenvalue weighted by molar-refractivity contribution is 14.1. The lowest BCUT2D eigenvalue weighted by molar-refractivity contribution is 0.104. The fourth-order valence-electron chi connectivity index (χ4n) is 2.51. The smallest absolute Gasteiger partial charge is 0.260 e. The molecule has 1 atom stereocenters. The molecule has 1 heterocycles. The Hall–Kier alpha value is -1.52. The molecule has 0 radical (unpaired) electrons. The van der Waals surface area contributed by atoms with E-state index in [-0.39, 0.29) is 0 Å². The van der Waals surface area contributed by atoms with Crippen LogP contribution < -0.4 is 20.7 Å². The Labute approximate surface area is 169 Å². The quantitative estimate of drug-likeness (QED) is 0.233. The van der Waals surface area contributed by atoms with Crippen LogP contribution in [0.3, 0.4) is 0 Å². The Morgan fingerprint density at radius 3 is 2.77 bits per heavy atom. The number of nitrogens with one attached hydrogen (secondary N) is 3. The Kier molecular flexibility index (Phi) is 7.54. The molecule has 1 aliphatic heterocycles. The SMILES string of the molecule is CNC1=NC(I)(Nc2ccc(OC)c(COCCN(C)C)c2)NC(C)=C1. The summed E-state index contributed by atoms with van der Waals surface area (Å²) in [6, 6.07) is 5.96. The molecule has 7 nitrogen and oxygen atoms in total. The van der Waals surface area contributed by atoms with Crippen LogP contribution in [-0.2, 0) is 11.3 Å². The molecule has 0 saturated heterocycles. The van der Waals surface area contributed by atoms with Gasteiger partial charge in [-0.2, -0.15) is 0 Å². The predicted molar refractivity (Wildman–Crippen MR) is 115 cm³/mol. The molecular weight excluding hydrogens is 445 g/mol. The fraction of sp³-hybridized carbons (Fsp3) is 0.500.